The molecule has 2 fully saturated rings. The zero-order valence-corrected chi connectivity index (χ0v) is 9.98. The van der Waals surface area contributed by atoms with Crippen LogP contribution >= 0.6 is 0 Å². The topological polar surface area (TPSA) is 32.3 Å². The average Bonchev–Trinajstić information content (AvgIpc) is 3.06. The molecule has 0 radical (unpaired) electrons. The fraction of sp³-hybridized carbons (Fsp3) is 0.500. The monoisotopic (exact) mass is 230 g/mol. The van der Waals surface area contributed by atoms with Crippen molar-refractivity contribution in [2.75, 3.05) is 23.3 Å². The summed E-state index contributed by atoms with van der Waals surface area (Å²) in [6.45, 7) is 2.21. The van der Waals surface area contributed by atoms with E-state index in [1.807, 2.05) is 18.2 Å². The van der Waals surface area contributed by atoms with E-state index in [0.29, 0.717) is 0 Å². The Kier molecular flexibility index (Phi) is 2.75. The lowest BCUT2D eigenvalue weighted by atomic mass is 10.2. The van der Waals surface area contributed by atoms with Crippen LogP contribution in [0, 0.1) is 5.92 Å². The number of carbonyl (C=O) groups excluding carboxylic acids is 1. The second kappa shape index (κ2) is 4.40. The zero-order valence-electron chi connectivity index (χ0n) is 9.98. The van der Waals surface area contributed by atoms with Gasteiger partial charge < -0.3 is 10.2 Å². The van der Waals surface area contributed by atoms with Gasteiger partial charge in [0.15, 0.2) is 0 Å². The van der Waals surface area contributed by atoms with Crippen molar-refractivity contribution in [2.24, 2.45) is 5.92 Å². The van der Waals surface area contributed by atoms with Crippen LogP contribution in [0.1, 0.15) is 25.7 Å². The number of hydrogen-bond acceptors (Lipinski definition) is 2. The second-order valence-electron chi connectivity index (χ2n) is 4.97. The number of amides is 1. The predicted molar refractivity (Wildman–Crippen MR) is 69.2 cm³/mol. The number of hydrogen-bond donors (Lipinski definition) is 1. The zero-order chi connectivity index (χ0) is 11.7. The molecule has 3 rings (SSSR count). The van der Waals surface area contributed by atoms with Crippen molar-refractivity contribution in [1.82, 2.24) is 0 Å². The molecule has 1 saturated heterocycles. The first-order valence-corrected chi connectivity index (χ1v) is 6.49. The van der Waals surface area contributed by atoms with Crippen molar-refractivity contribution in [3.8, 4) is 0 Å². The normalized spacial score (nSPS) is 19.4. The molecule has 2 aliphatic rings. The van der Waals surface area contributed by atoms with Gasteiger partial charge in [-0.1, -0.05) is 12.1 Å². The average molecular weight is 230 g/mol. The molecular weight excluding hydrogens is 212 g/mol. The summed E-state index contributed by atoms with van der Waals surface area (Å²) in [6, 6.07) is 8.14. The SMILES string of the molecule is O=C(Nc1ccccc1N1CCCC1)C1CC1. The van der Waals surface area contributed by atoms with E-state index in [-0.39, 0.29) is 11.8 Å². The highest BCUT2D eigenvalue weighted by molar-refractivity contribution is 5.97. The van der Waals surface area contributed by atoms with E-state index >= 15 is 0 Å². The highest BCUT2D eigenvalue weighted by Gasteiger charge is 2.30. The van der Waals surface area contributed by atoms with Gasteiger partial charge in [0.05, 0.1) is 11.4 Å². The Bertz CT molecular complexity index is 420. The third kappa shape index (κ3) is 2.28. The number of carbonyl (C=O) groups is 1. The summed E-state index contributed by atoms with van der Waals surface area (Å²) >= 11 is 0. The molecule has 1 aliphatic carbocycles. The van der Waals surface area contributed by atoms with Gasteiger partial charge in [0, 0.05) is 19.0 Å². The molecule has 17 heavy (non-hydrogen) atoms. The van der Waals surface area contributed by atoms with Crippen LogP contribution in [0.4, 0.5) is 11.4 Å². The number of para-hydroxylation sites is 2. The van der Waals surface area contributed by atoms with Crippen molar-refractivity contribution in [3.63, 3.8) is 0 Å². The summed E-state index contributed by atoms with van der Waals surface area (Å²) in [7, 11) is 0. The fourth-order valence-corrected chi connectivity index (χ4v) is 2.39. The van der Waals surface area contributed by atoms with Crippen LogP contribution in [0.3, 0.4) is 0 Å². The van der Waals surface area contributed by atoms with Crippen molar-refractivity contribution in [3.05, 3.63) is 24.3 Å². The van der Waals surface area contributed by atoms with Gasteiger partial charge in [-0.15, -0.1) is 0 Å². The van der Waals surface area contributed by atoms with Gasteiger partial charge in [0.25, 0.3) is 0 Å². The lowest BCUT2D eigenvalue weighted by molar-refractivity contribution is -0.117. The molecule has 1 N–H and O–H groups in total. The van der Waals surface area contributed by atoms with Gasteiger partial charge in [-0.2, -0.15) is 0 Å². The molecule has 0 aromatic heterocycles. The van der Waals surface area contributed by atoms with Crippen LogP contribution in [-0.4, -0.2) is 19.0 Å². The lowest BCUT2D eigenvalue weighted by Gasteiger charge is -2.21. The Labute approximate surface area is 102 Å². The van der Waals surface area contributed by atoms with Crippen LogP contribution in [-0.2, 0) is 4.79 Å². The number of benzene rings is 1. The molecule has 0 bridgehead atoms. The van der Waals surface area contributed by atoms with E-state index in [9.17, 15) is 4.79 Å². The Hall–Kier alpha value is -1.51. The van der Waals surface area contributed by atoms with E-state index < -0.39 is 0 Å². The largest absolute Gasteiger partial charge is 0.370 e. The first-order valence-electron chi connectivity index (χ1n) is 6.49. The summed E-state index contributed by atoms with van der Waals surface area (Å²) in [5.74, 6) is 0.457. The minimum atomic E-state index is 0.191. The minimum Gasteiger partial charge on any atom is -0.370 e. The third-order valence-corrected chi connectivity index (χ3v) is 3.56. The maximum absolute atomic E-state index is 11.8. The van der Waals surface area contributed by atoms with Gasteiger partial charge in [-0.25, -0.2) is 0 Å². The third-order valence-electron chi connectivity index (χ3n) is 3.56. The standard InChI is InChI=1S/C14H18N2O/c17-14(11-7-8-11)15-12-5-1-2-6-13(12)16-9-3-4-10-16/h1-2,5-6,11H,3-4,7-10H2,(H,15,17). The summed E-state index contributed by atoms with van der Waals surface area (Å²) in [5.41, 5.74) is 2.16. The van der Waals surface area contributed by atoms with E-state index in [1.54, 1.807) is 0 Å². The van der Waals surface area contributed by atoms with E-state index in [1.165, 1.54) is 18.5 Å². The quantitative estimate of drug-likeness (QED) is 0.865. The summed E-state index contributed by atoms with van der Waals surface area (Å²) in [5, 5.41) is 3.07. The van der Waals surface area contributed by atoms with Crippen LogP contribution < -0.4 is 10.2 Å². The minimum absolute atomic E-state index is 0.191. The first-order chi connectivity index (χ1) is 8.34. The molecule has 0 spiro atoms. The molecule has 1 amide bonds. The Morgan fingerprint density at radius 3 is 2.59 bits per heavy atom. The Balaban J connectivity index is 1.79. The molecule has 3 nitrogen and oxygen atoms in total. The second-order valence-corrected chi connectivity index (χ2v) is 4.97. The number of anilines is 2. The number of nitrogens with zero attached hydrogens (tertiary/aromatic N) is 1. The van der Waals surface area contributed by atoms with Crippen LogP contribution in [0.25, 0.3) is 0 Å². The van der Waals surface area contributed by atoms with Gasteiger partial charge in [0.1, 0.15) is 0 Å². The molecule has 1 aromatic rings. The van der Waals surface area contributed by atoms with Crippen LogP contribution in [0.2, 0.25) is 0 Å². The molecule has 1 heterocycles. The van der Waals surface area contributed by atoms with Gasteiger partial charge in [-0.05, 0) is 37.8 Å². The van der Waals surface area contributed by atoms with E-state index in [0.717, 1.165) is 31.6 Å². The van der Waals surface area contributed by atoms with Gasteiger partial charge >= 0.3 is 0 Å². The van der Waals surface area contributed by atoms with Crippen molar-refractivity contribution >= 4 is 17.3 Å². The molecular formula is C14H18N2O. The van der Waals surface area contributed by atoms with Gasteiger partial charge in [-0.3, -0.25) is 4.79 Å². The Morgan fingerprint density at radius 1 is 1.18 bits per heavy atom. The molecule has 1 aromatic carbocycles. The van der Waals surface area contributed by atoms with Gasteiger partial charge in [0.2, 0.25) is 5.91 Å². The van der Waals surface area contributed by atoms with Crippen molar-refractivity contribution in [2.45, 2.75) is 25.7 Å². The fourth-order valence-electron chi connectivity index (χ4n) is 2.39. The highest BCUT2D eigenvalue weighted by Crippen LogP contribution is 2.33. The van der Waals surface area contributed by atoms with Crippen LogP contribution in [0.15, 0.2) is 24.3 Å². The molecule has 3 heteroatoms. The Morgan fingerprint density at radius 2 is 1.88 bits per heavy atom. The lowest BCUT2D eigenvalue weighted by Crippen LogP contribution is -2.21. The summed E-state index contributed by atoms with van der Waals surface area (Å²) in [4.78, 5) is 14.2. The van der Waals surface area contributed by atoms with Crippen molar-refractivity contribution < 1.29 is 4.79 Å². The molecule has 0 unspecified atom stereocenters. The van der Waals surface area contributed by atoms with Crippen LogP contribution in [0.5, 0.6) is 0 Å². The molecule has 90 valence electrons. The summed E-state index contributed by atoms with van der Waals surface area (Å²) in [6.07, 6.45) is 4.62. The van der Waals surface area contributed by atoms with E-state index in [2.05, 4.69) is 16.3 Å². The first kappa shape index (κ1) is 10.6. The van der Waals surface area contributed by atoms with E-state index in [4.69, 9.17) is 0 Å². The summed E-state index contributed by atoms with van der Waals surface area (Å²) < 4.78 is 0. The van der Waals surface area contributed by atoms with Crippen molar-refractivity contribution in [1.29, 1.82) is 0 Å². The predicted octanol–water partition coefficient (Wildman–Crippen LogP) is 2.64. The smallest absolute Gasteiger partial charge is 0.227 e. The maximum Gasteiger partial charge on any atom is 0.227 e. The molecule has 0 atom stereocenters. The number of rotatable bonds is 3. The maximum atomic E-state index is 11.8. The highest BCUT2D eigenvalue weighted by atomic mass is 16.2. The molecule has 1 aliphatic heterocycles. The molecule has 1 saturated carbocycles. The number of nitrogens with one attached hydrogen (secondary N) is 1.